The quantitative estimate of drug-likeness (QED) is 0.518. The maximum absolute atomic E-state index is 12.7. The standard InChI is InChI=1S/C23H29N5O4/c1-30-20-5-4-16(13-21(20)31-2)19-15-28-14-17(12-18(24)22(28)26-19)23(29)25-6-3-7-27-8-10-32-11-9-27/h4-5,12-15H,3,6-11,24H2,1-2H3,(H,25,29). The van der Waals surface area contributed by atoms with Gasteiger partial charge in [0.25, 0.3) is 5.91 Å². The summed E-state index contributed by atoms with van der Waals surface area (Å²) in [6.45, 7) is 5.01. The van der Waals surface area contributed by atoms with Crippen molar-refractivity contribution in [1.82, 2.24) is 19.6 Å². The molecule has 1 amide bonds. The highest BCUT2D eigenvalue weighted by atomic mass is 16.5. The van der Waals surface area contributed by atoms with Crippen molar-refractivity contribution >= 4 is 17.2 Å². The molecule has 1 aromatic carbocycles. The fraction of sp³-hybridized carbons (Fsp3) is 0.391. The molecule has 2 aromatic heterocycles. The van der Waals surface area contributed by atoms with Gasteiger partial charge in [-0.1, -0.05) is 0 Å². The van der Waals surface area contributed by atoms with E-state index in [2.05, 4.69) is 15.2 Å². The first-order valence-electron chi connectivity index (χ1n) is 10.7. The molecule has 3 aromatic rings. The van der Waals surface area contributed by atoms with Gasteiger partial charge in [-0.25, -0.2) is 4.98 Å². The number of nitrogen functional groups attached to an aromatic ring is 1. The van der Waals surface area contributed by atoms with Crippen LogP contribution in [0.3, 0.4) is 0 Å². The summed E-state index contributed by atoms with van der Waals surface area (Å²) in [7, 11) is 3.19. The molecule has 0 radical (unpaired) electrons. The molecule has 0 saturated carbocycles. The number of ether oxygens (including phenoxy) is 3. The van der Waals surface area contributed by atoms with E-state index in [0.29, 0.717) is 34.9 Å². The van der Waals surface area contributed by atoms with Crippen molar-refractivity contribution in [2.24, 2.45) is 0 Å². The van der Waals surface area contributed by atoms with E-state index in [-0.39, 0.29) is 5.91 Å². The van der Waals surface area contributed by atoms with Crippen LogP contribution in [0.1, 0.15) is 16.8 Å². The molecule has 32 heavy (non-hydrogen) atoms. The third-order valence-corrected chi connectivity index (χ3v) is 5.56. The van der Waals surface area contributed by atoms with E-state index in [0.717, 1.165) is 50.5 Å². The molecule has 9 nitrogen and oxygen atoms in total. The number of rotatable bonds is 8. The summed E-state index contributed by atoms with van der Waals surface area (Å²) in [5, 5.41) is 2.98. The lowest BCUT2D eigenvalue weighted by Crippen LogP contribution is -2.38. The molecule has 3 heterocycles. The predicted octanol–water partition coefficient (Wildman–Crippen LogP) is 2.05. The molecule has 1 fully saturated rings. The van der Waals surface area contributed by atoms with Gasteiger partial charge in [0.05, 0.1) is 44.4 Å². The molecule has 3 N–H and O–H groups in total. The van der Waals surface area contributed by atoms with E-state index < -0.39 is 0 Å². The molecule has 1 aliphatic heterocycles. The molecule has 0 unspecified atom stereocenters. The van der Waals surface area contributed by atoms with Gasteiger partial charge in [0, 0.05) is 37.6 Å². The smallest absolute Gasteiger partial charge is 0.252 e. The van der Waals surface area contributed by atoms with Gasteiger partial charge in [0.15, 0.2) is 17.1 Å². The lowest BCUT2D eigenvalue weighted by atomic mass is 10.1. The molecule has 0 spiro atoms. The highest BCUT2D eigenvalue weighted by molar-refractivity contribution is 5.95. The van der Waals surface area contributed by atoms with Crippen LogP contribution in [0.5, 0.6) is 11.5 Å². The third-order valence-electron chi connectivity index (χ3n) is 5.56. The first-order valence-corrected chi connectivity index (χ1v) is 10.7. The summed E-state index contributed by atoms with van der Waals surface area (Å²) < 4.78 is 17.8. The Kier molecular flexibility index (Phi) is 6.77. The summed E-state index contributed by atoms with van der Waals surface area (Å²) in [6, 6.07) is 7.26. The number of carbonyl (C=O) groups excluding carboxylic acids is 1. The Balaban J connectivity index is 1.45. The maximum atomic E-state index is 12.7. The van der Waals surface area contributed by atoms with Crippen LogP contribution in [-0.2, 0) is 4.74 Å². The van der Waals surface area contributed by atoms with E-state index in [9.17, 15) is 4.79 Å². The van der Waals surface area contributed by atoms with E-state index in [1.54, 1.807) is 30.9 Å². The van der Waals surface area contributed by atoms with Crippen LogP contribution in [0, 0.1) is 0 Å². The number of benzene rings is 1. The number of nitrogens with one attached hydrogen (secondary N) is 1. The molecule has 0 atom stereocenters. The second-order valence-corrected chi connectivity index (χ2v) is 7.67. The lowest BCUT2D eigenvalue weighted by molar-refractivity contribution is 0.0374. The summed E-state index contributed by atoms with van der Waals surface area (Å²) in [6.07, 6.45) is 4.49. The fourth-order valence-electron chi connectivity index (χ4n) is 3.82. The highest BCUT2D eigenvalue weighted by Crippen LogP contribution is 2.32. The predicted molar refractivity (Wildman–Crippen MR) is 122 cm³/mol. The molecule has 4 rings (SSSR count). The van der Waals surface area contributed by atoms with Gasteiger partial charge in [-0.3, -0.25) is 9.69 Å². The zero-order valence-corrected chi connectivity index (χ0v) is 18.5. The number of fused-ring (bicyclic) bond motifs is 1. The largest absolute Gasteiger partial charge is 0.493 e. The van der Waals surface area contributed by atoms with Gasteiger partial charge >= 0.3 is 0 Å². The second kappa shape index (κ2) is 9.88. The van der Waals surface area contributed by atoms with Gasteiger partial charge < -0.3 is 29.7 Å². The second-order valence-electron chi connectivity index (χ2n) is 7.67. The molecular weight excluding hydrogens is 410 g/mol. The van der Waals surface area contributed by atoms with Crippen LogP contribution in [0.15, 0.2) is 36.7 Å². The average Bonchev–Trinajstić information content (AvgIpc) is 3.27. The van der Waals surface area contributed by atoms with Crippen molar-refractivity contribution in [2.45, 2.75) is 6.42 Å². The van der Waals surface area contributed by atoms with Crippen molar-refractivity contribution in [1.29, 1.82) is 0 Å². The van der Waals surface area contributed by atoms with Gasteiger partial charge in [0.1, 0.15) is 0 Å². The molecule has 170 valence electrons. The molecule has 9 heteroatoms. The molecule has 0 aliphatic carbocycles. The first kappa shape index (κ1) is 21.9. The lowest BCUT2D eigenvalue weighted by Gasteiger charge is -2.26. The number of morpholine rings is 1. The Bertz CT molecular complexity index is 1090. The summed E-state index contributed by atoms with van der Waals surface area (Å²) >= 11 is 0. The Morgan fingerprint density at radius 1 is 1.16 bits per heavy atom. The van der Waals surface area contributed by atoms with Crippen LogP contribution in [0.25, 0.3) is 16.9 Å². The number of hydrogen-bond acceptors (Lipinski definition) is 7. The highest BCUT2D eigenvalue weighted by Gasteiger charge is 2.14. The maximum Gasteiger partial charge on any atom is 0.252 e. The van der Waals surface area contributed by atoms with Crippen LogP contribution < -0.4 is 20.5 Å². The summed E-state index contributed by atoms with van der Waals surface area (Å²) in [5.74, 6) is 1.11. The number of nitrogens with two attached hydrogens (primary N) is 1. The molecule has 0 bridgehead atoms. The van der Waals surface area contributed by atoms with E-state index in [4.69, 9.17) is 19.9 Å². The number of imidazole rings is 1. The fourth-order valence-corrected chi connectivity index (χ4v) is 3.82. The molecular formula is C23H29N5O4. The van der Waals surface area contributed by atoms with Crippen LogP contribution >= 0.6 is 0 Å². The van der Waals surface area contributed by atoms with Crippen molar-refractivity contribution in [3.05, 3.63) is 42.2 Å². The van der Waals surface area contributed by atoms with Crippen molar-refractivity contribution < 1.29 is 19.0 Å². The first-order chi connectivity index (χ1) is 15.6. The number of nitrogens with zero attached hydrogens (tertiary/aromatic N) is 3. The Morgan fingerprint density at radius 3 is 2.69 bits per heavy atom. The van der Waals surface area contributed by atoms with Crippen molar-refractivity contribution in [3.63, 3.8) is 0 Å². The molecule has 1 aliphatic rings. The Morgan fingerprint density at radius 2 is 1.94 bits per heavy atom. The van der Waals surface area contributed by atoms with E-state index >= 15 is 0 Å². The Labute approximate surface area is 187 Å². The average molecular weight is 440 g/mol. The number of pyridine rings is 1. The number of hydrogen-bond donors (Lipinski definition) is 2. The van der Waals surface area contributed by atoms with Gasteiger partial charge in [-0.15, -0.1) is 0 Å². The topological polar surface area (TPSA) is 103 Å². The zero-order valence-electron chi connectivity index (χ0n) is 18.5. The summed E-state index contributed by atoms with van der Waals surface area (Å²) in [4.78, 5) is 19.6. The number of anilines is 1. The molecule has 1 saturated heterocycles. The monoisotopic (exact) mass is 439 g/mol. The summed E-state index contributed by atoms with van der Waals surface area (Å²) in [5.41, 5.74) is 9.33. The van der Waals surface area contributed by atoms with E-state index in [1.165, 1.54) is 0 Å². The minimum absolute atomic E-state index is 0.151. The van der Waals surface area contributed by atoms with Gasteiger partial charge in [0.2, 0.25) is 0 Å². The number of aromatic nitrogens is 2. The minimum Gasteiger partial charge on any atom is -0.493 e. The van der Waals surface area contributed by atoms with Crippen molar-refractivity contribution in [2.75, 3.05) is 59.3 Å². The SMILES string of the molecule is COc1ccc(-c2cn3cc(C(=O)NCCCN4CCOCC4)cc(N)c3n2)cc1OC. The Hall–Kier alpha value is -3.30. The van der Waals surface area contributed by atoms with Crippen molar-refractivity contribution in [3.8, 4) is 22.8 Å². The normalized spacial score (nSPS) is 14.4. The third kappa shape index (κ3) is 4.79. The van der Waals surface area contributed by atoms with Gasteiger partial charge in [-0.2, -0.15) is 0 Å². The minimum atomic E-state index is -0.151. The number of methoxy groups -OCH3 is 2. The zero-order chi connectivity index (χ0) is 22.5. The van der Waals surface area contributed by atoms with Crippen LogP contribution in [-0.4, -0.2) is 73.8 Å². The number of amides is 1. The number of carbonyl (C=O) groups is 1. The van der Waals surface area contributed by atoms with Crippen LogP contribution in [0.2, 0.25) is 0 Å². The van der Waals surface area contributed by atoms with Crippen LogP contribution in [0.4, 0.5) is 5.69 Å². The van der Waals surface area contributed by atoms with E-state index in [1.807, 2.05) is 24.4 Å². The van der Waals surface area contributed by atoms with Gasteiger partial charge in [-0.05, 0) is 37.2 Å².